The molecule has 0 fully saturated rings. The fourth-order valence-corrected chi connectivity index (χ4v) is 4.64. The number of fused-ring (bicyclic) bond motifs is 1. The van der Waals surface area contributed by atoms with Crippen LogP contribution in [0, 0.1) is 0 Å². The van der Waals surface area contributed by atoms with E-state index in [4.69, 9.17) is 27.9 Å². The van der Waals surface area contributed by atoms with Crippen LogP contribution in [0.25, 0.3) is 10.9 Å². The summed E-state index contributed by atoms with van der Waals surface area (Å²) >= 11 is 12.1. The van der Waals surface area contributed by atoms with Crippen LogP contribution in [0.5, 0.6) is 0 Å². The number of hydrogen-bond acceptors (Lipinski definition) is 3. The van der Waals surface area contributed by atoms with Crippen LogP contribution in [0.2, 0.25) is 10.0 Å². The van der Waals surface area contributed by atoms with Gasteiger partial charge in [0.25, 0.3) is 5.91 Å². The molecule has 6 nitrogen and oxygen atoms in total. The second kappa shape index (κ2) is 13.5. The van der Waals surface area contributed by atoms with E-state index in [-0.39, 0.29) is 18.4 Å². The smallest absolute Gasteiger partial charge is 0.254 e. The molecular formula is C30H31Cl2N3O3. The zero-order valence-electron chi connectivity index (χ0n) is 21.3. The predicted molar refractivity (Wildman–Crippen MR) is 153 cm³/mol. The normalized spacial score (nSPS) is 11.0. The fourth-order valence-electron chi connectivity index (χ4n) is 4.39. The van der Waals surface area contributed by atoms with Crippen LogP contribution in [-0.4, -0.2) is 59.9 Å². The summed E-state index contributed by atoms with van der Waals surface area (Å²) in [5.41, 5.74) is 3.67. The molecule has 4 aromatic rings. The molecule has 1 aromatic heterocycles. The van der Waals surface area contributed by atoms with Crippen molar-refractivity contribution in [3.05, 3.63) is 106 Å². The highest BCUT2D eigenvalue weighted by atomic mass is 35.5. The Morgan fingerprint density at radius 2 is 1.55 bits per heavy atom. The molecule has 198 valence electrons. The lowest BCUT2D eigenvalue weighted by molar-refractivity contribution is -0.132. The quantitative estimate of drug-likeness (QED) is 0.212. The molecule has 0 saturated heterocycles. The number of nitrogens with zero attached hydrogens (tertiary/aromatic N) is 2. The molecule has 3 aromatic carbocycles. The lowest BCUT2D eigenvalue weighted by Crippen LogP contribution is -2.44. The number of methoxy groups -OCH3 is 1. The molecule has 0 saturated carbocycles. The second-order valence-electron chi connectivity index (χ2n) is 9.13. The van der Waals surface area contributed by atoms with Gasteiger partial charge >= 0.3 is 0 Å². The van der Waals surface area contributed by atoms with Crippen molar-refractivity contribution in [3.8, 4) is 0 Å². The van der Waals surface area contributed by atoms with Gasteiger partial charge in [-0.15, -0.1) is 0 Å². The Morgan fingerprint density at radius 3 is 2.26 bits per heavy atom. The number of para-hydroxylation sites is 1. The second-order valence-corrected chi connectivity index (χ2v) is 10.0. The van der Waals surface area contributed by atoms with E-state index in [1.165, 1.54) is 0 Å². The molecule has 38 heavy (non-hydrogen) atoms. The van der Waals surface area contributed by atoms with E-state index in [2.05, 4.69) is 11.1 Å². The lowest BCUT2D eigenvalue weighted by Gasteiger charge is -2.28. The molecule has 0 aliphatic heterocycles. The molecule has 0 aliphatic carbocycles. The van der Waals surface area contributed by atoms with E-state index in [1.54, 1.807) is 36.3 Å². The van der Waals surface area contributed by atoms with Gasteiger partial charge in [-0.2, -0.15) is 0 Å². The third kappa shape index (κ3) is 7.38. The summed E-state index contributed by atoms with van der Waals surface area (Å²) in [5, 5.41) is 2.34. The highest BCUT2D eigenvalue weighted by Gasteiger charge is 2.23. The standard InChI is InChI=1S/C30H31Cl2N3O3/c1-38-18-4-16-35(30(37)23-9-13-26(32)14-10-23)21-29(36)34(20-22-7-11-25(31)12-8-22)17-15-24-19-33-28-6-3-2-5-27(24)28/h2-3,5-14,19,33H,4,15-18,20-21H2,1H3. The van der Waals surface area contributed by atoms with E-state index in [0.717, 1.165) is 22.0 Å². The van der Waals surface area contributed by atoms with Crippen molar-refractivity contribution in [1.82, 2.24) is 14.8 Å². The number of nitrogens with one attached hydrogen (secondary N) is 1. The number of ether oxygens (including phenoxy) is 1. The fraction of sp³-hybridized carbons (Fsp3) is 0.267. The van der Waals surface area contributed by atoms with Crippen molar-refractivity contribution in [2.45, 2.75) is 19.4 Å². The van der Waals surface area contributed by atoms with Crippen molar-refractivity contribution in [1.29, 1.82) is 0 Å². The molecule has 0 aliphatic rings. The van der Waals surface area contributed by atoms with E-state index in [0.29, 0.717) is 54.7 Å². The Hall–Kier alpha value is -3.32. The average Bonchev–Trinajstić information content (AvgIpc) is 3.34. The Kier molecular flexibility index (Phi) is 9.82. The summed E-state index contributed by atoms with van der Waals surface area (Å²) in [6.45, 7) is 1.78. The van der Waals surface area contributed by atoms with Gasteiger partial charge < -0.3 is 19.5 Å². The van der Waals surface area contributed by atoms with Crippen LogP contribution in [0.15, 0.2) is 79.0 Å². The van der Waals surface area contributed by atoms with Crippen molar-refractivity contribution in [3.63, 3.8) is 0 Å². The third-order valence-electron chi connectivity index (χ3n) is 6.45. The van der Waals surface area contributed by atoms with Crippen molar-refractivity contribution >= 4 is 45.9 Å². The first kappa shape index (κ1) is 27.7. The number of benzene rings is 3. The molecule has 1 heterocycles. The minimum absolute atomic E-state index is 0.0351. The van der Waals surface area contributed by atoms with Crippen LogP contribution >= 0.6 is 23.2 Å². The number of carbonyl (C=O) groups excluding carboxylic acids is 2. The van der Waals surface area contributed by atoms with Crippen LogP contribution in [0.1, 0.15) is 27.9 Å². The topological polar surface area (TPSA) is 65.6 Å². The molecule has 4 rings (SSSR count). The Balaban J connectivity index is 1.53. The van der Waals surface area contributed by atoms with Gasteiger partial charge in [0, 0.05) is 66.1 Å². The van der Waals surface area contributed by atoms with E-state index in [1.807, 2.05) is 53.6 Å². The molecule has 0 atom stereocenters. The first-order valence-electron chi connectivity index (χ1n) is 12.6. The zero-order valence-corrected chi connectivity index (χ0v) is 22.8. The Labute approximate surface area is 233 Å². The number of aromatic nitrogens is 1. The summed E-state index contributed by atoms with van der Waals surface area (Å²) in [6, 6.07) is 22.3. The number of H-pyrrole nitrogens is 1. The monoisotopic (exact) mass is 551 g/mol. The first-order valence-corrected chi connectivity index (χ1v) is 13.3. The van der Waals surface area contributed by atoms with E-state index in [9.17, 15) is 9.59 Å². The largest absolute Gasteiger partial charge is 0.385 e. The van der Waals surface area contributed by atoms with Gasteiger partial charge in [0.2, 0.25) is 5.91 Å². The molecule has 0 radical (unpaired) electrons. The van der Waals surface area contributed by atoms with Gasteiger partial charge in [-0.25, -0.2) is 0 Å². The molecule has 2 amide bonds. The van der Waals surface area contributed by atoms with Crippen LogP contribution < -0.4 is 0 Å². The Morgan fingerprint density at radius 1 is 0.868 bits per heavy atom. The van der Waals surface area contributed by atoms with E-state index >= 15 is 0 Å². The number of amides is 2. The van der Waals surface area contributed by atoms with Crippen molar-refractivity contribution in [2.24, 2.45) is 0 Å². The van der Waals surface area contributed by atoms with Gasteiger partial charge in [-0.05, 0) is 66.4 Å². The maximum Gasteiger partial charge on any atom is 0.254 e. The SMILES string of the molecule is COCCCN(CC(=O)N(CCc1c[nH]c2ccccc12)Cc1ccc(Cl)cc1)C(=O)c1ccc(Cl)cc1. The van der Waals surface area contributed by atoms with Crippen molar-refractivity contribution in [2.75, 3.05) is 33.4 Å². The van der Waals surface area contributed by atoms with Crippen LogP contribution in [0.4, 0.5) is 0 Å². The number of carbonyl (C=O) groups is 2. The minimum Gasteiger partial charge on any atom is -0.385 e. The summed E-state index contributed by atoms with van der Waals surface area (Å²) in [4.78, 5) is 33.8. The van der Waals surface area contributed by atoms with E-state index < -0.39 is 0 Å². The van der Waals surface area contributed by atoms with Crippen molar-refractivity contribution < 1.29 is 14.3 Å². The molecule has 8 heteroatoms. The maximum atomic E-state index is 13.7. The van der Waals surface area contributed by atoms with Gasteiger partial charge in [-0.3, -0.25) is 9.59 Å². The number of hydrogen-bond donors (Lipinski definition) is 1. The lowest BCUT2D eigenvalue weighted by atomic mass is 10.1. The van der Waals surface area contributed by atoms with Gasteiger partial charge in [-0.1, -0.05) is 53.5 Å². The number of rotatable bonds is 12. The average molecular weight is 553 g/mol. The first-order chi connectivity index (χ1) is 18.4. The van der Waals surface area contributed by atoms with Gasteiger partial charge in [0.15, 0.2) is 0 Å². The minimum atomic E-state index is -0.214. The molecule has 0 unspecified atom stereocenters. The van der Waals surface area contributed by atoms with Crippen LogP contribution in [-0.2, 0) is 22.5 Å². The summed E-state index contributed by atoms with van der Waals surface area (Å²) in [6.07, 6.45) is 3.30. The molecular weight excluding hydrogens is 521 g/mol. The highest BCUT2D eigenvalue weighted by molar-refractivity contribution is 6.30. The zero-order chi connectivity index (χ0) is 26.9. The molecule has 0 bridgehead atoms. The summed E-state index contributed by atoms with van der Waals surface area (Å²) < 4.78 is 5.19. The predicted octanol–water partition coefficient (Wildman–Crippen LogP) is 6.22. The summed E-state index contributed by atoms with van der Waals surface area (Å²) in [7, 11) is 1.62. The van der Waals surface area contributed by atoms with Gasteiger partial charge in [0.1, 0.15) is 6.54 Å². The Bertz CT molecular complexity index is 1350. The number of halogens is 2. The van der Waals surface area contributed by atoms with Crippen LogP contribution in [0.3, 0.4) is 0 Å². The number of aromatic amines is 1. The maximum absolute atomic E-state index is 13.7. The summed E-state index contributed by atoms with van der Waals surface area (Å²) in [5.74, 6) is -0.339. The molecule has 0 spiro atoms. The van der Waals surface area contributed by atoms with Gasteiger partial charge in [0.05, 0.1) is 0 Å². The highest BCUT2D eigenvalue weighted by Crippen LogP contribution is 2.20. The third-order valence-corrected chi connectivity index (χ3v) is 6.95. The molecule has 1 N–H and O–H groups in total.